The number of amides is 1. The van der Waals surface area contributed by atoms with Crippen LogP contribution in [-0.4, -0.2) is 47.9 Å². The number of benzene rings is 1. The lowest BCUT2D eigenvalue weighted by atomic mass is 9.97. The molecule has 150 valence electrons. The second kappa shape index (κ2) is 7.79. The smallest absolute Gasteiger partial charge is 0.263 e. The molecule has 0 saturated carbocycles. The fourth-order valence-corrected chi connectivity index (χ4v) is 3.98. The van der Waals surface area contributed by atoms with Crippen LogP contribution in [0.3, 0.4) is 0 Å². The van der Waals surface area contributed by atoms with Crippen molar-refractivity contribution in [2.75, 3.05) is 26.3 Å². The monoisotopic (exact) mass is 402 g/mol. The van der Waals surface area contributed by atoms with E-state index in [2.05, 4.69) is 48.5 Å². The van der Waals surface area contributed by atoms with Crippen molar-refractivity contribution in [1.29, 1.82) is 0 Å². The first kappa shape index (κ1) is 19.3. The molecule has 1 aliphatic rings. The predicted molar refractivity (Wildman–Crippen MR) is 110 cm³/mol. The van der Waals surface area contributed by atoms with Crippen molar-refractivity contribution >= 4 is 33.2 Å². The molecule has 28 heavy (non-hydrogen) atoms. The number of aromatic nitrogens is 2. The van der Waals surface area contributed by atoms with Crippen LogP contribution in [0.4, 0.5) is 0 Å². The predicted octanol–water partition coefficient (Wildman–Crippen LogP) is 2.79. The van der Waals surface area contributed by atoms with Crippen LogP contribution in [0.2, 0.25) is 0 Å². The number of thiazole rings is 1. The van der Waals surface area contributed by atoms with Crippen LogP contribution in [-0.2, 0) is 16.0 Å². The van der Waals surface area contributed by atoms with E-state index in [4.69, 9.17) is 9.47 Å². The molecular weight excluding hydrogens is 376 g/mol. The van der Waals surface area contributed by atoms with Gasteiger partial charge in [0.15, 0.2) is 11.3 Å². The SMILES string of the molecule is CC(C)(C)CNC(=O)c1cn2c(nc3ccc(CNCC4OCCO4)cc32)s1. The summed E-state index contributed by atoms with van der Waals surface area (Å²) in [4.78, 5) is 18.6. The molecule has 1 aliphatic heterocycles. The first-order valence-electron chi connectivity index (χ1n) is 9.52. The summed E-state index contributed by atoms with van der Waals surface area (Å²) in [7, 11) is 0. The van der Waals surface area contributed by atoms with Gasteiger partial charge in [-0.15, -0.1) is 0 Å². The molecule has 1 aromatic carbocycles. The summed E-state index contributed by atoms with van der Waals surface area (Å²) in [6.45, 7) is 9.64. The van der Waals surface area contributed by atoms with Crippen LogP contribution in [0.1, 0.15) is 36.0 Å². The molecule has 0 atom stereocenters. The molecule has 2 aromatic heterocycles. The van der Waals surface area contributed by atoms with Gasteiger partial charge < -0.3 is 20.1 Å². The number of carbonyl (C=O) groups is 1. The molecular formula is C20H26N4O3S. The maximum atomic E-state index is 12.5. The average Bonchev–Trinajstić information content (AvgIpc) is 3.35. The zero-order chi connectivity index (χ0) is 19.7. The number of imidazole rings is 1. The largest absolute Gasteiger partial charge is 0.351 e. The standard InChI is InChI=1S/C20H26N4O3S/c1-20(2,3)12-22-18(25)16-11-24-15-8-13(4-5-14(15)23-19(24)28-16)9-21-10-17-26-6-7-27-17/h4-5,8,11,17,21H,6-7,9-10,12H2,1-3H3,(H,22,25). The van der Waals surface area contributed by atoms with Crippen molar-refractivity contribution < 1.29 is 14.3 Å². The van der Waals surface area contributed by atoms with E-state index in [1.54, 1.807) is 0 Å². The number of nitrogens with zero attached hydrogens (tertiary/aromatic N) is 2. The van der Waals surface area contributed by atoms with Crippen molar-refractivity contribution in [3.8, 4) is 0 Å². The highest BCUT2D eigenvalue weighted by molar-refractivity contribution is 7.18. The highest BCUT2D eigenvalue weighted by atomic mass is 32.1. The Balaban J connectivity index is 1.48. The van der Waals surface area contributed by atoms with Gasteiger partial charge in [-0.3, -0.25) is 9.20 Å². The molecule has 0 radical (unpaired) electrons. The summed E-state index contributed by atoms with van der Waals surface area (Å²) < 4.78 is 12.9. The van der Waals surface area contributed by atoms with E-state index in [0.717, 1.165) is 28.1 Å². The number of hydrogen-bond acceptors (Lipinski definition) is 6. The van der Waals surface area contributed by atoms with Crippen molar-refractivity contribution in [3.05, 3.63) is 34.8 Å². The number of carbonyl (C=O) groups excluding carboxylic acids is 1. The minimum absolute atomic E-state index is 0.0482. The van der Waals surface area contributed by atoms with Crippen LogP contribution in [0.25, 0.3) is 16.0 Å². The Labute approximate surface area is 168 Å². The Kier molecular flexibility index (Phi) is 5.37. The number of hydrogen-bond donors (Lipinski definition) is 2. The molecule has 0 bridgehead atoms. The van der Waals surface area contributed by atoms with E-state index >= 15 is 0 Å². The first-order chi connectivity index (χ1) is 13.4. The van der Waals surface area contributed by atoms with E-state index in [1.807, 2.05) is 16.7 Å². The van der Waals surface area contributed by atoms with E-state index in [1.165, 1.54) is 11.3 Å². The zero-order valence-electron chi connectivity index (χ0n) is 16.4. The molecule has 1 amide bonds. The van der Waals surface area contributed by atoms with Gasteiger partial charge >= 0.3 is 0 Å². The van der Waals surface area contributed by atoms with Crippen molar-refractivity contribution in [2.24, 2.45) is 5.41 Å². The van der Waals surface area contributed by atoms with Gasteiger partial charge in [-0.25, -0.2) is 4.98 Å². The molecule has 4 rings (SSSR count). The topological polar surface area (TPSA) is 76.9 Å². The normalized spacial score (nSPS) is 15.7. The van der Waals surface area contributed by atoms with Gasteiger partial charge in [-0.1, -0.05) is 38.2 Å². The van der Waals surface area contributed by atoms with Crippen molar-refractivity contribution in [2.45, 2.75) is 33.6 Å². The molecule has 3 aromatic rings. The minimum Gasteiger partial charge on any atom is -0.351 e. The van der Waals surface area contributed by atoms with Gasteiger partial charge in [0.1, 0.15) is 4.88 Å². The maximum Gasteiger partial charge on any atom is 0.263 e. The Morgan fingerprint density at radius 3 is 2.86 bits per heavy atom. The highest BCUT2D eigenvalue weighted by Crippen LogP contribution is 2.25. The molecule has 8 heteroatoms. The third-order valence-corrected chi connectivity index (χ3v) is 5.48. The number of nitrogens with one attached hydrogen (secondary N) is 2. The molecule has 2 N–H and O–H groups in total. The molecule has 0 spiro atoms. The summed E-state index contributed by atoms with van der Waals surface area (Å²) in [6, 6.07) is 6.20. The number of fused-ring (bicyclic) bond motifs is 3. The first-order valence-corrected chi connectivity index (χ1v) is 10.3. The zero-order valence-corrected chi connectivity index (χ0v) is 17.3. The summed E-state index contributed by atoms with van der Waals surface area (Å²) in [5.41, 5.74) is 3.14. The van der Waals surface area contributed by atoms with Gasteiger partial charge in [-0.2, -0.15) is 0 Å². The summed E-state index contributed by atoms with van der Waals surface area (Å²) in [5, 5.41) is 6.36. The Hall–Kier alpha value is -2.00. The van der Waals surface area contributed by atoms with Crippen LogP contribution in [0.15, 0.2) is 24.4 Å². The fourth-order valence-electron chi connectivity index (χ4n) is 3.06. The maximum absolute atomic E-state index is 12.5. The third-order valence-electron chi connectivity index (χ3n) is 4.50. The van der Waals surface area contributed by atoms with E-state index < -0.39 is 0 Å². The summed E-state index contributed by atoms with van der Waals surface area (Å²) >= 11 is 1.41. The second-order valence-electron chi connectivity index (χ2n) is 8.23. The van der Waals surface area contributed by atoms with Crippen molar-refractivity contribution in [3.63, 3.8) is 0 Å². The van der Waals surface area contributed by atoms with Gasteiger partial charge in [0.25, 0.3) is 5.91 Å². The minimum atomic E-state index is -0.156. The second-order valence-corrected chi connectivity index (χ2v) is 9.24. The van der Waals surface area contributed by atoms with Gasteiger partial charge in [-0.05, 0) is 23.1 Å². The molecule has 7 nitrogen and oxygen atoms in total. The van der Waals surface area contributed by atoms with Crippen LogP contribution >= 0.6 is 11.3 Å². The Morgan fingerprint density at radius 2 is 2.11 bits per heavy atom. The quantitative estimate of drug-likeness (QED) is 0.663. The lowest BCUT2D eigenvalue weighted by Gasteiger charge is -2.18. The number of rotatable bonds is 6. The molecule has 0 unspecified atom stereocenters. The molecule has 1 saturated heterocycles. The van der Waals surface area contributed by atoms with Crippen LogP contribution < -0.4 is 10.6 Å². The molecule has 0 aliphatic carbocycles. The average molecular weight is 403 g/mol. The van der Waals surface area contributed by atoms with Gasteiger partial charge in [0, 0.05) is 25.8 Å². The van der Waals surface area contributed by atoms with E-state index in [-0.39, 0.29) is 17.6 Å². The van der Waals surface area contributed by atoms with Crippen LogP contribution in [0.5, 0.6) is 0 Å². The fraction of sp³-hybridized carbons (Fsp3) is 0.500. The molecule has 3 heterocycles. The number of ether oxygens (including phenoxy) is 2. The van der Waals surface area contributed by atoms with Gasteiger partial charge in [0.2, 0.25) is 0 Å². The van der Waals surface area contributed by atoms with Crippen molar-refractivity contribution in [1.82, 2.24) is 20.0 Å². The van der Waals surface area contributed by atoms with Gasteiger partial charge in [0.05, 0.1) is 24.2 Å². The Morgan fingerprint density at radius 1 is 1.32 bits per heavy atom. The summed E-state index contributed by atoms with van der Waals surface area (Å²) in [5.74, 6) is -0.0482. The van der Waals surface area contributed by atoms with E-state index in [9.17, 15) is 4.79 Å². The third kappa shape index (κ3) is 4.35. The highest BCUT2D eigenvalue weighted by Gasteiger charge is 2.18. The van der Waals surface area contributed by atoms with Crippen LogP contribution in [0, 0.1) is 5.41 Å². The Bertz CT molecular complexity index is 983. The summed E-state index contributed by atoms with van der Waals surface area (Å²) in [6.07, 6.45) is 1.72. The lowest BCUT2D eigenvalue weighted by molar-refractivity contribution is -0.0392. The lowest BCUT2D eigenvalue weighted by Crippen LogP contribution is -2.31. The molecule has 1 fully saturated rings. The van der Waals surface area contributed by atoms with E-state index in [0.29, 0.717) is 31.2 Å².